The minimum absolute atomic E-state index is 0.0905. The molecule has 2 rings (SSSR count). The maximum atomic E-state index is 11.3. The first kappa shape index (κ1) is 26.5. The summed E-state index contributed by atoms with van der Waals surface area (Å²) < 4.78 is 0. The van der Waals surface area contributed by atoms with Crippen molar-refractivity contribution in [2.45, 2.75) is 91.4 Å². The van der Waals surface area contributed by atoms with E-state index in [1.165, 1.54) is 10.1 Å². The van der Waals surface area contributed by atoms with Gasteiger partial charge in [-0.25, -0.2) is 0 Å². The highest BCUT2D eigenvalue weighted by Crippen LogP contribution is 2.38. The summed E-state index contributed by atoms with van der Waals surface area (Å²) in [4.78, 5) is 0. The van der Waals surface area contributed by atoms with Crippen LogP contribution in [0.2, 0.25) is 0 Å². The Bertz CT molecular complexity index is 733. The third-order valence-corrected chi connectivity index (χ3v) is 6.66. The molecule has 2 aromatic rings. The lowest BCUT2D eigenvalue weighted by molar-refractivity contribution is -0.224. The Morgan fingerprint density at radius 1 is 0.594 bits per heavy atom. The molecule has 0 aliphatic heterocycles. The largest absolute Gasteiger partial charge is 0.313 e. The zero-order chi connectivity index (χ0) is 24.1. The Morgan fingerprint density at radius 2 is 0.875 bits per heavy atom. The molecule has 0 bridgehead atoms. The molecule has 2 unspecified atom stereocenters. The van der Waals surface area contributed by atoms with Crippen LogP contribution in [-0.4, -0.2) is 31.6 Å². The van der Waals surface area contributed by atoms with Gasteiger partial charge in [0.2, 0.25) is 0 Å². The molecule has 2 atom stereocenters. The molecule has 32 heavy (non-hydrogen) atoms. The van der Waals surface area contributed by atoms with E-state index in [0.717, 1.165) is 24.0 Å². The van der Waals surface area contributed by atoms with Crippen molar-refractivity contribution in [1.82, 2.24) is 10.1 Å². The monoisotopic (exact) mass is 440 g/mol. The van der Waals surface area contributed by atoms with Gasteiger partial charge in [0, 0.05) is 11.1 Å². The van der Waals surface area contributed by atoms with Crippen LogP contribution in [0.3, 0.4) is 0 Å². The molecule has 0 aliphatic carbocycles. The van der Waals surface area contributed by atoms with E-state index in [9.17, 15) is 10.4 Å². The highest BCUT2D eigenvalue weighted by Gasteiger charge is 2.39. The van der Waals surface area contributed by atoms with Gasteiger partial charge in [-0.15, -0.1) is 0 Å². The number of rotatable bonds is 11. The van der Waals surface area contributed by atoms with Crippen molar-refractivity contribution in [2.24, 2.45) is 11.8 Å². The first-order valence-electron chi connectivity index (χ1n) is 11.9. The molecular formula is C28H44N2O2. The fourth-order valence-corrected chi connectivity index (χ4v) is 4.51. The van der Waals surface area contributed by atoms with Crippen molar-refractivity contribution < 1.29 is 10.4 Å². The molecule has 4 heteroatoms. The van der Waals surface area contributed by atoms with Crippen LogP contribution in [-0.2, 0) is 0 Å². The van der Waals surface area contributed by atoms with Crippen molar-refractivity contribution in [1.29, 1.82) is 0 Å². The fourth-order valence-electron chi connectivity index (χ4n) is 4.51. The SMILES string of the molecule is CC(C)C(c1ccccc1)N(O)C(C)(C)CCC(C)(C)N(O)C(c1ccccc1)C(C)C. The number of benzene rings is 2. The minimum Gasteiger partial charge on any atom is -0.313 e. The smallest absolute Gasteiger partial charge is 0.0628 e. The van der Waals surface area contributed by atoms with Crippen molar-refractivity contribution >= 4 is 0 Å². The van der Waals surface area contributed by atoms with E-state index >= 15 is 0 Å². The summed E-state index contributed by atoms with van der Waals surface area (Å²) in [6, 6.07) is 20.2. The summed E-state index contributed by atoms with van der Waals surface area (Å²) in [6.45, 7) is 16.9. The summed E-state index contributed by atoms with van der Waals surface area (Å²) in [7, 11) is 0. The molecule has 0 radical (unpaired) electrons. The predicted octanol–water partition coefficient (Wildman–Crippen LogP) is 7.50. The van der Waals surface area contributed by atoms with E-state index in [2.05, 4.69) is 79.7 Å². The molecule has 0 heterocycles. The number of hydrogen-bond acceptors (Lipinski definition) is 4. The molecule has 178 valence electrons. The second-order valence-corrected chi connectivity index (χ2v) is 11.0. The minimum atomic E-state index is -0.455. The van der Waals surface area contributed by atoms with Gasteiger partial charge in [0.05, 0.1) is 12.1 Å². The van der Waals surface area contributed by atoms with Gasteiger partial charge in [-0.3, -0.25) is 0 Å². The van der Waals surface area contributed by atoms with Crippen LogP contribution in [0.5, 0.6) is 0 Å². The van der Waals surface area contributed by atoms with Gasteiger partial charge in [-0.2, -0.15) is 10.1 Å². The highest BCUT2D eigenvalue weighted by atomic mass is 16.5. The van der Waals surface area contributed by atoms with Crippen LogP contribution < -0.4 is 0 Å². The standard InChI is InChI=1S/C28H44N2O2/c1-21(2)25(23-15-11-9-12-16-23)29(31)27(5,6)19-20-28(7,8)30(32)26(22(3)4)24-17-13-10-14-18-24/h9-18,21-22,25-26,31-32H,19-20H2,1-8H3. The summed E-state index contributed by atoms with van der Waals surface area (Å²) in [5.74, 6) is 0.514. The maximum Gasteiger partial charge on any atom is 0.0628 e. The van der Waals surface area contributed by atoms with Gasteiger partial charge in [0.25, 0.3) is 0 Å². The first-order chi connectivity index (χ1) is 14.9. The molecule has 0 amide bonds. The number of hydrogen-bond donors (Lipinski definition) is 2. The average Bonchev–Trinajstić information content (AvgIpc) is 2.73. The van der Waals surface area contributed by atoms with E-state index in [1.807, 2.05) is 36.4 Å². The van der Waals surface area contributed by atoms with Gasteiger partial charge < -0.3 is 10.4 Å². The Kier molecular flexibility index (Phi) is 9.06. The lowest BCUT2D eigenvalue weighted by Gasteiger charge is -2.45. The Morgan fingerprint density at radius 3 is 1.12 bits per heavy atom. The Balaban J connectivity index is 2.18. The van der Waals surface area contributed by atoms with Crippen LogP contribution in [0, 0.1) is 11.8 Å². The molecule has 2 aromatic carbocycles. The zero-order valence-electron chi connectivity index (χ0n) is 21.3. The Labute approximate surface area is 195 Å². The summed E-state index contributed by atoms with van der Waals surface area (Å²) in [6.07, 6.45) is 1.48. The molecule has 0 spiro atoms. The quantitative estimate of drug-likeness (QED) is 0.355. The first-order valence-corrected chi connectivity index (χ1v) is 11.9. The Hall–Kier alpha value is -1.72. The van der Waals surface area contributed by atoms with Gasteiger partial charge in [-0.05, 0) is 63.5 Å². The number of nitrogens with zero attached hydrogens (tertiary/aromatic N) is 2. The third-order valence-electron chi connectivity index (χ3n) is 6.66. The van der Waals surface area contributed by atoms with E-state index in [1.54, 1.807) is 0 Å². The second-order valence-electron chi connectivity index (χ2n) is 11.0. The van der Waals surface area contributed by atoms with Gasteiger partial charge >= 0.3 is 0 Å². The van der Waals surface area contributed by atoms with Crippen LogP contribution >= 0.6 is 0 Å². The molecule has 0 aliphatic rings. The molecule has 0 saturated heterocycles. The van der Waals surface area contributed by atoms with Crippen LogP contribution in [0.1, 0.15) is 91.4 Å². The summed E-state index contributed by atoms with van der Waals surface area (Å²) >= 11 is 0. The van der Waals surface area contributed by atoms with E-state index < -0.39 is 11.1 Å². The van der Waals surface area contributed by atoms with Crippen LogP contribution in [0.15, 0.2) is 60.7 Å². The average molecular weight is 441 g/mol. The van der Waals surface area contributed by atoms with Crippen molar-refractivity contribution in [3.8, 4) is 0 Å². The van der Waals surface area contributed by atoms with Gasteiger partial charge in [0.15, 0.2) is 0 Å². The lowest BCUT2D eigenvalue weighted by Crippen LogP contribution is -2.49. The van der Waals surface area contributed by atoms with Crippen molar-refractivity contribution in [3.05, 3.63) is 71.8 Å². The molecule has 4 nitrogen and oxygen atoms in total. The maximum absolute atomic E-state index is 11.3. The van der Waals surface area contributed by atoms with E-state index in [4.69, 9.17) is 0 Å². The fraction of sp³-hybridized carbons (Fsp3) is 0.571. The summed E-state index contributed by atoms with van der Waals surface area (Å²) in [5, 5.41) is 25.7. The van der Waals surface area contributed by atoms with Crippen molar-refractivity contribution in [3.63, 3.8) is 0 Å². The molecule has 0 fully saturated rings. The zero-order valence-corrected chi connectivity index (χ0v) is 21.3. The van der Waals surface area contributed by atoms with Gasteiger partial charge in [-0.1, -0.05) is 88.4 Å². The molecule has 2 N–H and O–H groups in total. The van der Waals surface area contributed by atoms with E-state index in [0.29, 0.717) is 0 Å². The third kappa shape index (κ3) is 6.41. The molecular weight excluding hydrogens is 396 g/mol. The predicted molar refractivity (Wildman–Crippen MR) is 133 cm³/mol. The van der Waals surface area contributed by atoms with Gasteiger partial charge in [0.1, 0.15) is 0 Å². The van der Waals surface area contributed by atoms with E-state index in [-0.39, 0.29) is 23.9 Å². The van der Waals surface area contributed by atoms with Crippen LogP contribution in [0.25, 0.3) is 0 Å². The topological polar surface area (TPSA) is 46.9 Å². The van der Waals surface area contributed by atoms with Crippen LogP contribution in [0.4, 0.5) is 0 Å². The summed E-state index contributed by atoms with van der Waals surface area (Å²) in [5.41, 5.74) is 1.32. The molecule has 0 aromatic heterocycles. The molecule has 0 saturated carbocycles. The van der Waals surface area contributed by atoms with Crippen molar-refractivity contribution in [2.75, 3.05) is 0 Å². The lowest BCUT2D eigenvalue weighted by atomic mass is 9.84. The highest BCUT2D eigenvalue weighted by molar-refractivity contribution is 5.21. The second kappa shape index (κ2) is 10.9. The normalized spacial score (nSPS) is 15.1. The number of hydroxylamine groups is 4.